The van der Waals surface area contributed by atoms with Gasteiger partial charge in [-0.1, -0.05) is 59.1 Å². The maximum Gasteiger partial charge on any atom is 0.242 e. The summed E-state index contributed by atoms with van der Waals surface area (Å²) in [5, 5.41) is 4.49. The fourth-order valence-corrected chi connectivity index (χ4v) is 4.21. The number of rotatable bonds is 8. The minimum Gasteiger partial charge on any atom is -0.350 e. The van der Waals surface area contributed by atoms with Gasteiger partial charge in [0.05, 0.1) is 15.8 Å². The van der Waals surface area contributed by atoms with Crippen LogP contribution in [0.1, 0.15) is 38.8 Å². The van der Waals surface area contributed by atoms with Crippen LogP contribution < -0.4 is 5.32 Å². The first-order valence-electron chi connectivity index (χ1n) is 9.84. The van der Waals surface area contributed by atoms with Gasteiger partial charge in [0.25, 0.3) is 0 Å². The van der Waals surface area contributed by atoms with Crippen molar-refractivity contribution >= 4 is 58.4 Å². The number of nitrogens with one attached hydrogen (secondary N) is 1. The molecule has 0 saturated carbocycles. The summed E-state index contributed by atoms with van der Waals surface area (Å²) >= 11 is 19.8. The molecule has 0 fully saturated rings. The van der Waals surface area contributed by atoms with Crippen molar-refractivity contribution in [3.05, 3.63) is 68.7 Å². The number of carbonyl (C=O) groups is 2. The van der Waals surface area contributed by atoms with E-state index in [4.69, 9.17) is 34.8 Å². The van der Waals surface area contributed by atoms with Crippen molar-refractivity contribution in [3.63, 3.8) is 0 Å². The van der Waals surface area contributed by atoms with Gasteiger partial charge in [0.2, 0.25) is 11.8 Å². The Morgan fingerprint density at radius 3 is 2.32 bits per heavy atom. The molecule has 0 radical (unpaired) electrons. The van der Waals surface area contributed by atoms with Crippen LogP contribution in [0.2, 0.25) is 15.1 Å². The average Bonchev–Trinajstić information content (AvgIpc) is 2.68. The lowest BCUT2D eigenvalue weighted by Crippen LogP contribution is -2.52. The quantitative estimate of drug-likeness (QED) is 0.468. The molecule has 1 atom stereocenters. The molecule has 0 heterocycles. The average molecular weight is 502 g/mol. The van der Waals surface area contributed by atoms with Gasteiger partial charge in [0, 0.05) is 22.9 Å². The zero-order chi connectivity index (χ0) is 23.2. The van der Waals surface area contributed by atoms with Crippen molar-refractivity contribution in [3.8, 4) is 0 Å². The van der Waals surface area contributed by atoms with Gasteiger partial charge in [-0.15, -0.1) is 11.8 Å². The number of carbonyl (C=O) groups excluding carboxylic acids is 2. The third kappa shape index (κ3) is 8.23. The first kappa shape index (κ1) is 25.9. The van der Waals surface area contributed by atoms with Crippen LogP contribution in [0.4, 0.5) is 0 Å². The van der Waals surface area contributed by atoms with Crippen LogP contribution in [0.3, 0.4) is 0 Å². The highest BCUT2D eigenvalue weighted by Gasteiger charge is 2.28. The Morgan fingerprint density at radius 2 is 1.71 bits per heavy atom. The highest BCUT2D eigenvalue weighted by molar-refractivity contribution is 7.99. The molecular weight excluding hydrogens is 475 g/mol. The van der Waals surface area contributed by atoms with Gasteiger partial charge in [-0.25, -0.2) is 0 Å². The Balaban J connectivity index is 2.12. The Hall–Kier alpha value is -1.40. The van der Waals surface area contributed by atoms with Crippen molar-refractivity contribution in [1.29, 1.82) is 0 Å². The lowest BCUT2D eigenvalue weighted by molar-refractivity contribution is -0.139. The second kappa shape index (κ2) is 11.5. The molecule has 0 aliphatic heterocycles. The maximum absolute atomic E-state index is 13.1. The summed E-state index contributed by atoms with van der Waals surface area (Å²) in [7, 11) is 0. The van der Waals surface area contributed by atoms with Crippen LogP contribution in [0, 0.1) is 0 Å². The molecule has 31 heavy (non-hydrogen) atoms. The topological polar surface area (TPSA) is 49.4 Å². The number of hydrogen-bond acceptors (Lipinski definition) is 3. The van der Waals surface area contributed by atoms with Crippen LogP contribution in [0.5, 0.6) is 0 Å². The standard InChI is InChI=1S/C23H27Cl3N2O2S/c1-15(22(30)27-23(2,3)4)28(12-17-7-5-6-8-18(17)24)21(29)14-31-13-16-9-10-19(25)20(26)11-16/h5-11,15H,12-14H2,1-4H3,(H,27,30)/t15-/m1/s1. The summed E-state index contributed by atoms with van der Waals surface area (Å²) in [5.74, 6) is 0.479. The number of halogens is 3. The molecular formula is C23H27Cl3N2O2S. The van der Waals surface area contributed by atoms with Gasteiger partial charge in [0.1, 0.15) is 6.04 Å². The van der Waals surface area contributed by atoms with E-state index in [0.717, 1.165) is 11.1 Å². The van der Waals surface area contributed by atoms with E-state index in [1.807, 2.05) is 45.0 Å². The first-order valence-corrected chi connectivity index (χ1v) is 12.1. The molecule has 0 aromatic heterocycles. The fourth-order valence-electron chi connectivity index (χ4n) is 2.84. The molecule has 8 heteroatoms. The molecule has 1 N–H and O–H groups in total. The largest absolute Gasteiger partial charge is 0.350 e. The van der Waals surface area contributed by atoms with E-state index in [0.29, 0.717) is 20.8 Å². The number of nitrogens with zero attached hydrogens (tertiary/aromatic N) is 1. The van der Waals surface area contributed by atoms with Crippen molar-refractivity contribution in [1.82, 2.24) is 10.2 Å². The summed E-state index contributed by atoms with van der Waals surface area (Å²) in [6.45, 7) is 7.71. The third-order valence-electron chi connectivity index (χ3n) is 4.44. The second-order valence-corrected chi connectivity index (χ2v) is 10.5. The van der Waals surface area contributed by atoms with Gasteiger partial charge >= 0.3 is 0 Å². The zero-order valence-electron chi connectivity index (χ0n) is 18.0. The second-order valence-electron chi connectivity index (χ2n) is 8.27. The molecule has 2 aromatic carbocycles. The highest BCUT2D eigenvalue weighted by atomic mass is 35.5. The predicted octanol–water partition coefficient (Wildman–Crippen LogP) is 6.21. The van der Waals surface area contributed by atoms with Crippen molar-refractivity contribution < 1.29 is 9.59 Å². The minimum absolute atomic E-state index is 0.137. The fraction of sp³-hybridized carbons (Fsp3) is 0.391. The maximum atomic E-state index is 13.1. The van der Waals surface area contributed by atoms with Crippen molar-refractivity contribution in [2.75, 3.05) is 5.75 Å². The molecule has 2 aromatic rings. The SMILES string of the molecule is C[C@H](C(=O)NC(C)(C)C)N(Cc1ccccc1Cl)C(=O)CSCc1ccc(Cl)c(Cl)c1. The molecule has 0 aliphatic rings. The summed E-state index contributed by atoms with van der Waals surface area (Å²) in [6.07, 6.45) is 0. The van der Waals surface area contributed by atoms with Gasteiger partial charge in [-0.05, 0) is 57.0 Å². The summed E-state index contributed by atoms with van der Waals surface area (Å²) in [4.78, 5) is 27.5. The summed E-state index contributed by atoms with van der Waals surface area (Å²) < 4.78 is 0. The van der Waals surface area contributed by atoms with Crippen LogP contribution in [0.25, 0.3) is 0 Å². The number of thioether (sulfide) groups is 1. The molecule has 4 nitrogen and oxygen atoms in total. The van der Waals surface area contributed by atoms with Crippen molar-refractivity contribution in [2.24, 2.45) is 0 Å². The first-order chi connectivity index (χ1) is 14.5. The van der Waals surface area contributed by atoms with E-state index in [1.165, 1.54) is 11.8 Å². The monoisotopic (exact) mass is 500 g/mol. The molecule has 0 saturated heterocycles. The number of amides is 2. The van der Waals surface area contributed by atoms with Crippen LogP contribution in [0.15, 0.2) is 42.5 Å². The van der Waals surface area contributed by atoms with E-state index in [1.54, 1.807) is 30.0 Å². The Bertz CT molecular complexity index is 931. The van der Waals surface area contributed by atoms with Crippen LogP contribution >= 0.6 is 46.6 Å². The third-order valence-corrected chi connectivity index (χ3v) is 6.54. The lowest BCUT2D eigenvalue weighted by atomic mass is 10.1. The van der Waals surface area contributed by atoms with Crippen LogP contribution in [-0.4, -0.2) is 34.0 Å². The molecule has 2 rings (SSSR count). The number of hydrogen-bond donors (Lipinski definition) is 1. The normalized spacial score (nSPS) is 12.4. The molecule has 0 unspecified atom stereocenters. The smallest absolute Gasteiger partial charge is 0.242 e. The van der Waals surface area contributed by atoms with E-state index in [9.17, 15) is 9.59 Å². The van der Waals surface area contributed by atoms with Crippen LogP contribution in [-0.2, 0) is 21.9 Å². The van der Waals surface area contributed by atoms with Gasteiger partial charge in [0.15, 0.2) is 0 Å². The van der Waals surface area contributed by atoms with E-state index < -0.39 is 11.6 Å². The van der Waals surface area contributed by atoms with Gasteiger partial charge in [-0.3, -0.25) is 9.59 Å². The highest BCUT2D eigenvalue weighted by Crippen LogP contribution is 2.25. The number of benzene rings is 2. The molecule has 168 valence electrons. The minimum atomic E-state index is -0.645. The van der Waals surface area contributed by atoms with E-state index in [2.05, 4.69) is 5.32 Å². The summed E-state index contributed by atoms with van der Waals surface area (Å²) in [6, 6.07) is 12.1. The molecule has 0 bridgehead atoms. The predicted molar refractivity (Wildman–Crippen MR) is 132 cm³/mol. The molecule has 0 aliphatic carbocycles. The lowest BCUT2D eigenvalue weighted by Gasteiger charge is -2.31. The Morgan fingerprint density at radius 1 is 1.03 bits per heavy atom. The Labute approximate surface area is 203 Å². The van der Waals surface area contributed by atoms with E-state index >= 15 is 0 Å². The molecule has 2 amide bonds. The Kier molecular flexibility index (Phi) is 9.56. The summed E-state index contributed by atoms with van der Waals surface area (Å²) in [5.41, 5.74) is 1.37. The van der Waals surface area contributed by atoms with Gasteiger partial charge < -0.3 is 10.2 Å². The van der Waals surface area contributed by atoms with E-state index in [-0.39, 0.29) is 24.1 Å². The zero-order valence-corrected chi connectivity index (χ0v) is 21.1. The van der Waals surface area contributed by atoms with Crippen molar-refractivity contribution in [2.45, 2.75) is 51.6 Å². The van der Waals surface area contributed by atoms with Gasteiger partial charge in [-0.2, -0.15) is 0 Å². The molecule has 0 spiro atoms.